The third-order valence-electron chi connectivity index (χ3n) is 3.82. The lowest BCUT2D eigenvalue weighted by Gasteiger charge is -2.37. The van der Waals surface area contributed by atoms with Crippen LogP contribution in [0, 0.1) is 0 Å². The minimum absolute atomic E-state index is 0.00205. The van der Waals surface area contributed by atoms with Crippen LogP contribution in [0.1, 0.15) is 13.8 Å². The van der Waals surface area contributed by atoms with Crippen molar-refractivity contribution >= 4 is 28.4 Å². The summed E-state index contributed by atoms with van der Waals surface area (Å²) in [4.78, 5) is 13.9. The molecular formula is C15H21ClN2O3S. The number of benzene rings is 1. The Balaban J connectivity index is 1.75. The van der Waals surface area contributed by atoms with E-state index >= 15 is 0 Å². The number of rotatable bonds is 4. The zero-order chi connectivity index (χ0) is 16.1. The van der Waals surface area contributed by atoms with Gasteiger partial charge in [-0.15, -0.1) is 0 Å². The summed E-state index contributed by atoms with van der Waals surface area (Å²) in [6.45, 7) is 5.16. The highest BCUT2D eigenvalue weighted by Crippen LogP contribution is 2.17. The molecule has 1 N–H and O–H groups in total. The lowest BCUT2D eigenvalue weighted by Crippen LogP contribution is -2.55. The summed E-state index contributed by atoms with van der Waals surface area (Å²) in [6.07, 6.45) is 0. The van der Waals surface area contributed by atoms with Gasteiger partial charge in [0.25, 0.3) is 0 Å². The fraction of sp³-hybridized carbons (Fsp3) is 0.533. The molecule has 1 aromatic carbocycles. The first-order valence-electron chi connectivity index (χ1n) is 7.29. The van der Waals surface area contributed by atoms with E-state index in [9.17, 15) is 9.00 Å². The first-order chi connectivity index (χ1) is 10.5. The van der Waals surface area contributed by atoms with Gasteiger partial charge < -0.3 is 15.0 Å². The third kappa shape index (κ3) is 4.36. The number of halogens is 1. The molecule has 1 aromatic rings. The zero-order valence-corrected chi connectivity index (χ0v) is 14.3. The standard InChI is InChI=1S/C15H21ClN2O3S/c1-11-12(2)22(20)9-7-18(11)15(19)17-6-8-21-14-5-3-4-13(16)10-14/h3-5,10-12H,6-9H2,1-2H3,(H,17,19). The van der Waals surface area contributed by atoms with Crippen molar-refractivity contribution in [2.24, 2.45) is 0 Å². The van der Waals surface area contributed by atoms with Crippen LogP contribution in [0.3, 0.4) is 0 Å². The van der Waals surface area contributed by atoms with Crippen molar-refractivity contribution in [3.63, 3.8) is 0 Å². The minimum atomic E-state index is -0.846. The maximum atomic E-state index is 12.2. The molecule has 1 aliphatic rings. The topological polar surface area (TPSA) is 58.6 Å². The number of carbonyl (C=O) groups is 1. The van der Waals surface area contributed by atoms with Crippen molar-refractivity contribution in [2.45, 2.75) is 25.1 Å². The van der Waals surface area contributed by atoms with Crippen molar-refractivity contribution < 1.29 is 13.7 Å². The van der Waals surface area contributed by atoms with E-state index in [1.165, 1.54) is 0 Å². The maximum Gasteiger partial charge on any atom is 0.317 e. The van der Waals surface area contributed by atoms with E-state index in [1.807, 2.05) is 26.0 Å². The highest BCUT2D eigenvalue weighted by atomic mass is 35.5. The fourth-order valence-corrected chi connectivity index (χ4v) is 3.84. The Kier molecular flexibility index (Phi) is 6.08. The Bertz CT molecular complexity index is 555. The SMILES string of the molecule is CC1C(C)S(=O)CCN1C(=O)NCCOc1cccc(Cl)c1. The van der Waals surface area contributed by atoms with E-state index in [-0.39, 0.29) is 17.3 Å². The van der Waals surface area contributed by atoms with Gasteiger partial charge in [-0.1, -0.05) is 17.7 Å². The molecule has 0 radical (unpaired) electrons. The summed E-state index contributed by atoms with van der Waals surface area (Å²) in [5.41, 5.74) is 0. The van der Waals surface area contributed by atoms with Crippen LogP contribution in [-0.2, 0) is 10.8 Å². The Hall–Kier alpha value is -1.27. The molecule has 0 aliphatic carbocycles. The van der Waals surface area contributed by atoms with Gasteiger partial charge in [0.05, 0.1) is 11.8 Å². The number of amides is 2. The van der Waals surface area contributed by atoms with E-state index in [1.54, 1.807) is 17.0 Å². The van der Waals surface area contributed by atoms with Crippen LogP contribution in [0.5, 0.6) is 5.75 Å². The molecule has 1 fully saturated rings. The predicted octanol–water partition coefficient (Wildman–Crippen LogP) is 2.27. The molecule has 22 heavy (non-hydrogen) atoms. The van der Waals surface area contributed by atoms with E-state index in [0.717, 1.165) is 0 Å². The second-order valence-corrected chi connectivity index (χ2v) is 7.61. The molecule has 122 valence electrons. The van der Waals surface area contributed by atoms with Gasteiger partial charge in [0.15, 0.2) is 0 Å². The second-order valence-electron chi connectivity index (χ2n) is 5.26. The van der Waals surface area contributed by atoms with Crippen molar-refractivity contribution in [1.29, 1.82) is 0 Å². The molecule has 0 bridgehead atoms. The number of carbonyl (C=O) groups excluding carboxylic acids is 1. The van der Waals surface area contributed by atoms with Gasteiger partial charge in [-0.25, -0.2) is 4.79 Å². The van der Waals surface area contributed by atoms with E-state index in [2.05, 4.69) is 5.32 Å². The number of hydrogen-bond acceptors (Lipinski definition) is 3. The van der Waals surface area contributed by atoms with Gasteiger partial charge >= 0.3 is 6.03 Å². The van der Waals surface area contributed by atoms with Crippen LogP contribution in [0.25, 0.3) is 0 Å². The zero-order valence-electron chi connectivity index (χ0n) is 12.8. The first kappa shape index (κ1) is 17.1. The Labute approximate surface area is 138 Å². The van der Waals surface area contributed by atoms with Crippen molar-refractivity contribution in [3.05, 3.63) is 29.3 Å². The normalized spacial score (nSPS) is 24.9. The number of hydrogen-bond donors (Lipinski definition) is 1. The molecule has 7 heteroatoms. The van der Waals surface area contributed by atoms with Gasteiger partial charge in [0.1, 0.15) is 12.4 Å². The van der Waals surface area contributed by atoms with Crippen molar-refractivity contribution in [2.75, 3.05) is 25.4 Å². The molecule has 0 spiro atoms. The van der Waals surface area contributed by atoms with Crippen LogP contribution in [0.15, 0.2) is 24.3 Å². The third-order valence-corrected chi connectivity index (χ3v) is 5.87. The second kappa shape index (κ2) is 7.83. The molecule has 2 amide bonds. The minimum Gasteiger partial charge on any atom is -0.492 e. The summed E-state index contributed by atoms with van der Waals surface area (Å²) < 4.78 is 17.3. The van der Waals surface area contributed by atoms with Gasteiger partial charge in [0, 0.05) is 34.2 Å². The highest BCUT2D eigenvalue weighted by molar-refractivity contribution is 7.85. The largest absolute Gasteiger partial charge is 0.492 e. The van der Waals surface area contributed by atoms with Gasteiger partial charge in [-0.2, -0.15) is 0 Å². The lowest BCUT2D eigenvalue weighted by molar-refractivity contribution is 0.177. The van der Waals surface area contributed by atoms with Crippen LogP contribution < -0.4 is 10.1 Å². The molecule has 1 heterocycles. The fourth-order valence-electron chi connectivity index (χ4n) is 2.32. The summed E-state index contributed by atoms with van der Waals surface area (Å²) in [7, 11) is -0.846. The average Bonchev–Trinajstić information content (AvgIpc) is 2.49. The quantitative estimate of drug-likeness (QED) is 0.852. The van der Waals surface area contributed by atoms with Crippen LogP contribution in [0.4, 0.5) is 4.79 Å². The summed E-state index contributed by atoms with van der Waals surface area (Å²) in [5, 5.41) is 3.45. The molecule has 1 aliphatic heterocycles. The predicted molar refractivity (Wildman–Crippen MR) is 89.0 cm³/mol. The summed E-state index contributed by atoms with van der Waals surface area (Å²) in [5.74, 6) is 1.22. The molecule has 0 aromatic heterocycles. The Morgan fingerprint density at radius 2 is 2.27 bits per heavy atom. The summed E-state index contributed by atoms with van der Waals surface area (Å²) in [6, 6.07) is 6.98. The van der Waals surface area contributed by atoms with Gasteiger partial charge in [-0.05, 0) is 32.0 Å². The van der Waals surface area contributed by atoms with E-state index in [4.69, 9.17) is 16.3 Å². The molecule has 3 atom stereocenters. The number of nitrogens with zero attached hydrogens (tertiary/aromatic N) is 1. The first-order valence-corrected chi connectivity index (χ1v) is 9.05. The maximum absolute atomic E-state index is 12.2. The molecule has 2 rings (SSSR count). The van der Waals surface area contributed by atoms with Gasteiger partial charge in [-0.3, -0.25) is 4.21 Å². The molecule has 0 saturated carbocycles. The number of nitrogens with one attached hydrogen (secondary N) is 1. The van der Waals surface area contributed by atoms with Crippen LogP contribution in [0.2, 0.25) is 5.02 Å². The van der Waals surface area contributed by atoms with E-state index < -0.39 is 10.8 Å². The van der Waals surface area contributed by atoms with Crippen molar-refractivity contribution in [3.8, 4) is 5.75 Å². The van der Waals surface area contributed by atoms with Gasteiger partial charge in [0.2, 0.25) is 0 Å². The van der Waals surface area contributed by atoms with Crippen LogP contribution in [-0.4, -0.2) is 51.9 Å². The lowest BCUT2D eigenvalue weighted by atomic mass is 10.2. The molecule has 3 unspecified atom stereocenters. The van der Waals surface area contributed by atoms with Crippen molar-refractivity contribution in [1.82, 2.24) is 10.2 Å². The number of urea groups is 1. The Morgan fingerprint density at radius 1 is 1.50 bits per heavy atom. The average molecular weight is 345 g/mol. The number of ether oxygens (including phenoxy) is 1. The van der Waals surface area contributed by atoms with E-state index in [0.29, 0.717) is 36.2 Å². The highest BCUT2D eigenvalue weighted by Gasteiger charge is 2.32. The molecule has 1 saturated heterocycles. The van der Waals surface area contributed by atoms with Crippen LogP contribution >= 0.6 is 11.6 Å². The molecule has 5 nitrogen and oxygen atoms in total. The molecular weight excluding hydrogens is 324 g/mol. The summed E-state index contributed by atoms with van der Waals surface area (Å²) >= 11 is 5.87. The monoisotopic (exact) mass is 344 g/mol. The smallest absolute Gasteiger partial charge is 0.317 e. The Morgan fingerprint density at radius 3 is 3.00 bits per heavy atom.